The first-order chi connectivity index (χ1) is 12.4. The van der Waals surface area contributed by atoms with Gasteiger partial charge in [0.05, 0.1) is 0 Å². The number of thiophene rings is 1. The Kier molecular flexibility index (Phi) is 3.43. The molecule has 0 atom stereocenters. The lowest BCUT2D eigenvalue weighted by atomic mass is 9.94. The van der Waals surface area contributed by atoms with Gasteiger partial charge in [-0.15, -0.1) is 11.3 Å². The summed E-state index contributed by atoms with van der Waals surface area (Å²) in [6, 6.07) is 29.6. The van der Waals surface area contributed by atoms with Crippen LogP contribution in [0.5, 0.6) is 5.75 Å². The molecule has 0 saturated heterocycles. The first-order valence-electron chi connectivity index (χ1n) is 8.40. The quantitative estimate of drug-likeness (QED) is 0.397. The normalized spacial score (nSPS) is 12.2. The SMILES string of the molecule is c1ccc(-c2sc(-c3ccccc3)c3c2COc2ccccc2-3)cc1. The Labute approximate surface area is 151 Å². The lowest BCUT2D eigenvalue weighted by molar-refractivity contribution is 0.303. The molecule has 25 heavy (non-hydrogen) atoms. The topological polar surface area (TPSA) is 9.23 Å². The maximum absolute atomic E-state index is 6.07. The van der Waals surface area contributed by atoms with Gasteiger partial charge in [0.25, 0.3) is 0 Å². The number of hydrogen-bond donors (Lipinski definition) is 0. The van der Waals surface area contributed by atoms with Gasteiger partial charge in [-0.3, -0.25) is 0 Å². The van der Waals surface area contributed by atoms with E-state index in [9.17, 15) is 0 Å². The van der Waals surface area contributed by atoms with Crippen molar-refractivity contribution in [1.29, 1.82) is 0 Å². The third kappa shape index (κ3) is 2.38. The molecule has 0 radical (unpaired) electrons. The van der Waals surface area contributed by atoms with E-state index in [-0.39, 0.29) is 0 Å². The molecule has 1 aliphatic rings. The molecule has 0 N–H and O–H groups in total. The van der Waals surface area contributed by atoms with Gasteiger partial charge in [0, 0.05) is 26.4 Å². The average molecular weight is 340 g/mol. The van der Waals surface area contributed by atoms with Crippen LogP contribution in [0.2, 0.25) is 0 Å². The molecular formula is C23H16OS. The van der Waals surface area contributed by atoms with E-state index in [0.717, 1.165) is 5.75 Å². The molecule has 3 aromatic carbocycles. The fourth-order valence-corrected chi connectivity index (χ4v) is 4.78. The van der Waals surface area contributed by atoms with Gasteiger partial charge in [0.1, 0.15) is 12.4 Å². The van der Waals surface area contributed by atoms with Crippen LogP contribution in [0.1, 0.15) is 5.56 Å². The third-order valence-electron chi connectivity index (χ3n) is 4.61. The summed E-state index contributed by atoms with van der Waals surface area (Å²) in [5.74, 6) is 0.976. The smallest absolute Gasteiger partial charge is 0.127 e. The van der Waals surface area contributed by atoms with E-state index in [1.54, 1.807) is 0 Å². The predicted molar refractivity (Wildman–Crippen MR) is 105 cm³/mol. The summed E-state index contributed by atoms with van der Waals surface area (Å²) < 4.78 is 6.07. The van der Waals surface area contributed by atoms with Crippen molar-refractivity contribution in [3.05, 3.63) is 90.5 Å². The van der Waals surface area contributed by atoms with Gasteiger partial charge in [0.15, 0.2) is 0 Å². The zero-order valence-corrected chi connectivity index (χ0v) is 14.4. The Hall–Kier alpha value is -2.84. The molecule has 0 saturated carbocycles. The van der Waals surface area contributed by atoms with Gasteiger partial charge < -0.3 is 4.74 Å². The zero-order chi connectivity index (χ0) is 16.6. The Balaban J connectivity index is 1.82. The van der Waals surface area contributed by atoms with Crippen molar-refractivity contribution in [3.8, 4) is 37.8 Å². The Morgan fingerprint density at radius 3 is 1.96 bits per heavy atom. The minimum atomic E-state index is 0.625. The second-order valence-electron chi connectivity index (χ2n) is 6.13. The minimum absolute atomic E-state index is 0.625. The highest BCUT2D eigenvalue weighted by molar-refractivity contribution is 7.19. The molecule has 2 heterocycles. The van der Waals surface area contributed by atoms with Crippen LogP contribution in [-0.4, -0.2) is 0 Å². The average Bonchev–Trinajstić information content (AvgIpc) is 3.09. The van der Waals surface area contributed by atoms with Gasteiger partial charge in [0.2, 0.25) is 0 Å². The third-order valence-corrected chi connectivity index (χ3v) is 5.94. The van der Waals surface area contributed by atoms with Gasteiger partial charge >= 0.3 is 0 Å². The van der Waals surface area contributed by atoms with Crippen LogP contribution >= 0.6 is 11.3 Å². The highest BCUT2D eigenvalue weighted by Gasteiger charge is 2.27. The maximum Gasteiger partial charge on any atom is 0.127 e. The Bertz CT molecular complexity index is 1030. The van der Waals surface area contributed by atoms with E-state index < -0.39 is 0 Å². The molecule has 120 valence electrons. The largest absolute Gasteiger partial charge is 0.488 e. The lowest BCUT2D eigenvalue weighted by Gasteiger charge is -2.20. The molecular weight excluding hydrogens is 324 g/mol. The first kappa shape index (κ1) is 14.5. The minimum Gasteiger partial charge on any atom is -0.488 e. The van der Waals surface area contributed by atoms with Crippen molar-refractivity contribution < 1.29 is 4.74 Å². The summed E-state index contributed by atoms with van der Waals surface area (Å²) in [7, 11) is 0. The number of hydrogen-bond acceptors (Lipinski definition) is 2. The second-order valence-corrected chi connectivity index (χ2v) is 7.15. The van der Waals surface area contributed by atoms with Crippen molar-refractivity contribution >= 4 is 11.3 Å². The number of fused-ring (bicyclic) bond motifs is 3. The highest BCUT2D eigenvalue weighted by atomic mass is 32.1. The van der Waals surface area contributed by atoms with Crippen LogP contribution in [0, 0.1) is 0 Å². The predicted octanol–water partition coefficient (Wildman–Crippen LogP) is 6.64. The van der Waals surface area contributed by atoms with E-state index in [4.69, 9.17) is 4.74 Å². The van der Waals surface area contributed by atoms with E-state index in [1.807, 2.05) is 17.4 Å². The van der Waals surface area contributed by atoms with E-state index in [1.165, 1.54) is 37.6 Å². The molecule has 0 bridgehead atoms. The van der Waals surface area contributed by atoms with Crippen LogP contribution in [0.4, 0.5) is 0 Å². The summed E-state index contributed by atoms with van der Waals surface area (Å²) in [6.07, 6.45) is 0. The molecule has 1 aromatic heterocycles. The summed E-state index contributed by atoms with van der Waals surface area (Å²) in [5, 5.41) is 0. The molecule has 1 aliphatic heterocycles. The zero-order valence-electron chi connectivity index (χ0n) is 13.6. The molecule has 5 rings (SSSR count). The standard InChI is InChI=1S/C23H16OS/c1-3-9-16(10-4-1)22-19-15-24-20-14-8-7-13-18(20)21(19)23(25-22)17-11-5-2-6-12-17/h1-14H,15H2. The van der Waals surface area contributed by atoms with E-state index >= 15 is 0 Å². The van der Waals surface area contributed by atoms with Gasteiger partial charge in [-0.05, 0) is 17.2 Å². The molecule has 4 aromatic rings. The maximum atomic E-state index is 6.07. The number of rotatable bonds is 2. The van der Waals surface area contributed by atoms with Crippen LogP contribution in [0.3, 0.4) is 0 Å². The summed E-state index contributed by atoms with van der Waals surface area (Å²) in [4.78, 5) is 2.63. The highest BCUT2D eigenvalue weighted by Crippen LogP contribution is 2.51. The van der Waals surface area contributed by atoms with Crippen LogP contribution in [-0.2, 0) is 6.61 Å². The Morgan fingerprint density at radius 2 is 1.24 bits per heavy atom. The lowest BCUT2D eigenvalue weighted by Crippen LogP contribution is -2.04. The molecule has 2 heteroatoms. The van der Waals surface area contributed by atoms with Crippen molar-refractivity contribution in [3.63, 3.8) is 0 Å². The second kappa shape index (κ2) is 5.91. The molecule has 1 nitrogen and oxygen atoms in total. The van der Waals surface area contributed by atoms with Crippen molar-refractivity contribution in [2.75, 3.05) is 0 Å². The molecule has 0 spiro atoms. The molecule has 0 amide bonds. The van der Waals surface area contributed by atoms with E-state index in [0.29, 0.717) is 6.61 Å². The first-order valence-corrected chi connectivity index (χ1v) is 9.22. The van der Waals surface area contributed by atoms with Crippen molar-refractivity contribution in [2.24, 2.45) is 0 Å². The van der Waals surface area contributed by atoms with Crippen LogP contribution < -0.4 is 4.74 Å². The van der Waals surface area contributed by atoms with Crippen LogP contribution in [0.25, 0.3) is 32.0 Å². The number of ether oxygens (including phenoxy) is 1. The fraction of sp³-hybridized carbons (Fsp3) is 0.0435. The van der Waals surface area contributed by atoms with Gasteiger partial charge in [-0.2, -0.15) is 0 Å². The number of para-hydroxylation sites is 1. The summed E-state index contributed by atoms with van der Waals surface area (Å²) in [5.41, 5.74) is 6.35. The van der Waals surface area contributed by atoms with Gasteiger partial charge in [-0.25, -0.2) is 0 Å². The fourth-order valence-electron chi connectivity index (χ4n) is 3.45. The molecule has 0 unspecified atom stereocenters. The van der Waals surface area contributed by atoms with Crippen molar-refractivity contribution in [2.45, 2.75) is 6.61 Å². The molecule has 0 aliphatic carbocycles. The summed E-state index contributed by atoms with van der Waals surface area (Å²) in [6.45, 7) is 0.625. The monoisotopic (exact) mass is 340 g/mol. The molecule has 0 fully saturated rings. The van der Waals surface area contributed by atoms with Gasteiger partial charge in [-0.1, -0.05) is 78.9 Å². The van der Waals surface area contributed by atoms with Crippen molar-refractivity contribution in [1.82, 2.24) is 0 Å². The summed E-state index contributed by atoms with van der Waals surface area (Å²) >= 11 is 1.87. The Morgan fingerprint density at radius 1 is 0.640 bits per heavy atom. The van der Waals surface area contributed by atoms with Crippen LogP contribution in [0.15, 0.2) is 84.9 Å². The number of benzene rings is 3. The van der Waals surface area contributed by atoms with E-state index in [2.05, 4.69) is 78.9 Å².